The Kier molecular flexibility index (Phi) is 1.55. The van der Waals surface area contributed by atoms with E-state index in [9.17, 15) is 4.79 Å². The summed E-state index contributed by atoms with van der Waals surface area (Å²) in [4.78, 5) is 11.0. The highest BCUT2D eigenvalue weighted by molar-refractivity contribution is 5.30. The van der Waals surface area contributed by atoms with Gasteiger partial charge in [0.25, 0.3) is 5.76 Å². The van der Waals surface area contributed by atoms with Crippen molar-refractivity contribution in [2.45, 2.75) is 0 Å². The zero-order valence-corrected chi connectivity index (χ0v) is 6.23. The lowest BCUT2D eigenvalue weighted by molar-refractivity contribution is 0.497. The normalized spacial score (nSPS) is 10.0. The molecule has 2 aromatic rings. The van der Waals surface area contributed by atoms with Gasteiger partial charge < -0.3 is 13.8 Å². The minimum absolute atomic E-state index is 0.416. The molecule has 0 amide bonds. The number of aromatic nitrogens is 1. The number of hydrogen-bond acceptors (Lipinski definition) is 2. The van der Waals surface area contributed by atoms with E-state index in [0.717, 1.165) is 5.69 Å². The summed E-state index contributed by atoms with van der Waals surface area (Å²) < 4.78 is 5.89. The van der Waals surface area contributed by atoms with Gasteiger partial charge in [-0.3, -0.25) is 0 Å². The van der Waals surface area contributed by atoms with Crippen molar-refractivity contribution in [3.05, 3.63) is 53.3 Å². The summed E-state index contributed by atoms with van der Waals surface area (Å²) in [5.74, 6) is -0.416. The van der Waals surface area contributed by atoms with Gasteiger partial charge in [-0.1, -0.05) is 30.7 Å². The van der Waals surface area contributed by atoms with Gasteiger partial charge in [-0.2, -0.15) is 0 Å². The van der Waals surface area contributed by atoms with Crippen molar-refractivity contribution in [3.63, 3.8) is 0 Å². The molecule has 0 aliphatic carbocycles. The summed E-state index contributed by atoms with van der Waals surface area (Å²) in [6, 6.07) is 9.25. The molecule has 0 N–H and O–H groups in total. The van der Waals surface area contributed by atoms with Gasteiger partial charge in [0.15, 0.2) is 0 Å². The van der Waals surface area contributed by atoms with Gasteiger partial charge in [-0.15, -0.1) is 0 Å². The zero-order valence-electron chi connectivity index (χ0n) is 6.23. The fourth-order valence-corrected chi connectivity index (χ4v) is 1.000. The van der Waals surface area contributed by atoms with Gasteiger partial charge in [0.05, 0.1) is 0 Å². The van der Waals surface area contributed by atoms with Crippen LogP contribution in [0, 0.1) is 6.26 Å². The Morgan fingerprint density at radius 3 is 2.58 bits per heavy atom. The van der Waals surface area contributed by atoms with Gasteiger partial charge in [-0.05, 0) is 12.1 Å². The first-order valence-electron chi connectivity index (χ1n) is 3.52. The van der Waals surface area contributed by atoms with Crippen LogP contribution in [0.15, 0.2) is 45.7 Å². The lowest BCUT2D eigenvalue weighted by atomic mass is 10.3. The summed E-state index contributed by atoms with van der Waals surface area (Å²) in [6.45, 7) is 0. The summed E-state index contributed by atoms with van der Waals surface area (Å²) >= 11 is 0. The second kappa shape index (κ2) is 2.70. The molecule has 0 bridgehead atoms. The molecule has 3 nitrogen and oxygen atoms in total. The third-order valence-electron chi connectivity index (χ3n) is 1.56. The average molecular weight is 160 g/mol. The largest absolute Gasteiger partial charge is 0.600 e. The van der Waals surface area contributed by atoms with Crippen molar-refractivity contribution in [2.24, 2.45) is 0 Å². The van der Waals surface area contributed by atoms with E-state index in [4.69, 9.17) is 0 Å². The molecule has 1 aromatic heterocycles. The van der Waals surface area contributed by atoms with E-state index in [1.54, 1.807) is 0 Å². The van der Waals surface area contributed by atoms with E-state index < -0.39 is 5.76 Å². The van der Waals surface area contributed by atoms with Crippen molar-refractivity contribution in [1.82, 2.24) is 4.57 Å². The van der Waals surface area contributed by atoms with Crippen molar-refractivity contribution < 1.29 is 4.42 Å². The molecule has 1 aromatic carbocycles. The minimum atomic E-state index is -0.416. The topological polar surface area (TPSA) is 35.1 Å². The Bertz CT molecular complexity index is 413. The fourth-order valence-electron chi connectivity index (χ4n) is 1.000. The van der Waals surface area contributed by atoms with Gasteiger partial charge in [0.1, 0.15) is 0 Å². The van der Waals surface area contributed by atoms with Crippen LogP contribution in [0.5, 0.6) is 0 Å². The molecule has 0 aliphatic heterocycles. The molecule has 0 radical (unpaired) electrons. The number of oxazole rings is 1. The van der Waals surface area contributed by atoms with E-state index in [1.807, 2.05) is 30.3 Å². The van der Waals surface area contributed by atoms with Gasteiger partial charge in [0, 0.05) is 5.69 Å². The maximum absolute atomic E-state index is 11.0. The first-order chi connectivity index (χ1) is 5.88. The van der Waals surface area contributed by atoms with Crippen LogP contribution >= 0.6 is 0 Å². The molecule has 0 aliphatic rings. The Labute approximate surface area is 68.9 Å². The van der Waals surface area contributed by atoms with E-state index in [-0.39, 0.29) is 0 Å². The van der Waals surface area contributed by atoms with E-state index in [2.05, 4.69) is 10.7 Å². The number of hydrogen-bond donors (Lipinski definition) is 0. The highest BCUT2D eigenvalue weighted by atomic mass is 16.4. The monoisotopic (exact) mass is 160 g/mol. The van der Waals surface area contributed by atoms with Crippen LogP contribution in [0.3, 0.4) is 0 Å². The number of para-hydroxylation sites is 1. The highest BCUT2D eigenvalue weighted by Gasteiger charge is 1.90. The molecule has 0 atom stereocenters. The molecule has 12 heavy (non-hydrogen) atoms. The molecule has 0 saturated carbocycles. The first kappa shape index (κ1) is 6.91. The molecule has 0 saturated heterocycles. The molecule has 0 spiro atoms. The van der Waals surface area contributed by atoms with Crippen molar-refractivity contribution in [1.29, 1.82) is 0 Å². The molecular weight excluding hydrogens is 154 g/mol. The van der Waals surface area contributed by atoms with Crippen LogP contribution in [0.1, 0.15) is 0 Å². The predicted octanol–water partition coefficient (Wildman–Crippen LogP) is 1.23. The summed E-state index contributed by atoms with van der Waals surface area (Å²) in [5.41, 5.74) is 0.785. The van der Waals surface area contributed by atoms with Crippen LogP contribution in [0.2, 0.25) is 0 Å². The average Bonchev–Trinajstić information content (AvgIpc) is 2.53. The number of nitrogens with zero attached hydrogens (tertiary/aromatic N) is 1. The SMILES string of the molecule is O=c1o[c-]cn1-c1ccccc1. The van der Waals surface area contributed by atoms with Crippen molar-refractivity contribution in [3.8, 4) is 5.69 Å². The summed E-state index contributed by atoms with van der Waals surface area (Å²) in [7, 11) is 0. The maximum Gasteiger partial charge on any atom is 0.256 e. The van der Waals surface area contributed by atoms with E-state index in [0.29, 0.717) is 0 Å². The molecule has 1 heterocycles. The lowest BCUT2D eigenvalue weighted by Gasteiger charge is -2.02. The van der Waals surface area contributed by atoms with Crippen LogP contribution in [-0.2, 0) is 0 Å². The Morgan fingerprint density at radius 2 is 2.00 bits per heavy atom. The van der Waals surface area contributed by atoms with Crippen LogP contribution in [-0.4, -0.2) is 4.57 Å². The third-order valence-corrected chi connectivity index (χ3v) is 1.56. The Hall–Kier alpha value is -1.77. The quantitative estimate of drug-likeness (QED) is 0.588. The number of rotatable bonds is 1. The van der Waals surface area contributed by atoms with Crippen LogP contribution in [0.4, 0.5) is 0 Å². The minimum Gasteiger partial charge on any atom is -0.600 e. The van der Waals surface area contributed by atoms with Crippen molar-refractivity contribution >= 4 is 0 Å². The molecule has 2 rings (SSSR count). The van der Waals surface area contributed by atoms with Crippen molar-refractivity contribution in [2.75, 3.05) is 0 Å². The second-order valence-electron chi connectivity index (χ2n) is 2.32. The molecule has 60 valence electrons. The Balaban J connectivity index is 2.59. The maximum atomic E-state index is 11.0. The molecular formula is C9H6NO2-. The molecule has 0 unspecified atom stereocenters. The predicted molar refractivity (Wildman–Crippen MR) is 43.1 cm³/mol. The highest BCUT2D eigenvalue weighted by Crippen LogP contribution is 2.02. The second-order valence-corrected chi connectivity index (χ2v) is 2.32. The summed E-state index contributed by atoms with van der Waals surface area (Å²) in [6.07, 6.45) is 3.84. The third kappa shape index (κ3) is 1.05. The molecule has 0 fully saturated rings. The first-order valence-corrected chi connectivity index (χ1v) is 3.52. The smallest absolute Gasteiger partial charge is 0.256 e. The summed E-state index contributed by atoms with van der Waals surface area (Å²) in [5, 5.41) is 0. The van der Waals surface area contributed by atoms with Gasteiger partial charge in [-0.25, -0.2) is 0 Å². The number of benzene rings is 1. The standard InChI is InChI=1S/C9H6NO2/c11-9-10(6-7-12-9)8-4-2-1-3-5-8/h1-6H/q-1. The lowest BCUT2D eigenvalue weighted by Crippen LogP contribution is -2.10. The van der Waals surface area contributed by atoms with E-state index in [1.165, 1.54) is 10.8 Å². The Morgan fingerprint density at radius 1 is 1.25 bits per heavy atom. The fraction of sp³-hybridized carbons (Fsp3) is 0. The van der Waals surface area contributed by atoms with Gasteiger partial charge >= 0.3 is 0 Å². The molecule has 3 heteroatoms. The van der Waals surface area contributed by atoms with Gasteiger partial charge in [0.2, 0.25) is 0 Å². The van der Waals surface area contributed by atoms with Crippen LogP contribution in [0.25, 0.3) is 5.69 Å². The van der Waals surface area contributed by atoms with Crippen LogP contribution < -0.4 is 5.76 Å². The van der Waals surface area contributed by atoms with E-state index >= 15 is 0 Å². The zero-order chi connectivity index (χ0) is 8.39.